The maximum Gasteiger partial charge on any atom is 0.234 e. The lowest BCUT2D eigenvalue weighted by molar-refractivity contribution is -0.113. The third-order valence-electron chi connectivity index (χ3n) is 4.06. The van der Waals surface area contributed by atoms with Crippen LogP contribution in [0.4, 0.5) is 5.69 Å². The number of aromatic nitrogens is 1. The molecule has 0 aliphatic carbocycles. The molecular weight excluding hydrogens is 406 g/mol. The maximum absolute atomic E-state index is 12.3. The Kier molecular flexibility index (Phi) is 6.52. The van der Waals surface area contributed by atoms with Gasteiger partial charge in [-0.05, 0) is 50.1 Å². The van der Waals surface area contributed by atoms with Gasteiger partial charge in [0.25, 0.3) is 0 Å². The van der Waals surface area contributed by atoms with E-state index in [-0.39, 0.29) is 27.3 Å². The summed E-state index contributed by atoms with van der Waals surface area (Å²) in [4.78, 5) is 16.8. The van der Waals surface area contributed by atoms with Crippen LogP contribution in [-0.4, -0.2) is 31.3 Å². The van der Waals surface area contributed by atoms with Gasteiger partial charge in [-0.2, -0.15) is 5.26 Å². The van der Waals surface area contributed by atoms with Crippen LogP contribution in [0.2, 0.25) is 5.02 Å². The average Bonchev–Trinajstić information content (AvgIpc) is 2.59. The molecule has 0 spiro atoms. The molecule has 0 radical (unpaired) electrons. The van der Waals surface area contributed by atoms with E-state index < -0.39 is 9.84 Å². The molecule has 0 bridgehead atoms. The number of nitriles is 1. The molecular formula is C18H18ClN3O3S2. The lowest BCUT2D eigenvalue weighted by Gasteiger charge is -2.12. The number of carbonyl (C=O) groups is 1. The van der Waals surface area contributed by atoms with Crippen LogP contribution in [0.25, 0.3) is 0 Å². The van der Waals surface area contributed by atoms with Gasteiger partial charge in [-0.15, -0.1) is 0 Å². The topological polar surface area (TPSA) is 99.9 Å². The number of rotatable bonds is 5. The molecule has 0 fully saturated rings. The number of benzene rings is 1. The molecule has 142 valence electrons. The Labute approximate surface area is 167 Å². The van der Waals surface area contributed by atoms with Gasteiger partial charge in [-0.25, -0.2) is 13.4 Å². The molecule has 9 heteroatoms. The van der Waals surface area contributed by atoms with Gasteiger partial charge >= 0.3 is 0 Å². The van der Waals surface area contributed by atoms with E-state index in [2.05, 4.69) is 16.4 Å². The number of hydrogen-bond acceptors (Lipinski definition) is 6. The molecule has 27 heavy (non-hydrogen) atoms. The minimum absolute atomic E-state index is 0.00303. The van der Waals surface area contributed by atoms with Gasteiger partial charge in [-0.3, -0.25) is 4.79 Å². The van der Waals surface area contributed by atoms with Gasteiger partial charge < -0.3 is 5.32 Å². The van der Waals surface area contributed by atoms with Crippen LogP contribution in [0.5, 0.6) is 0 Å². The molecule has 0 atom stereocenters. The Bertz CT molecular complexity index is 1060. The van der Waals surface area contributed by atoms with E-state index in [1.807, 2.05) is 20.8 Å². The molecule has 0 aliphatic heterocycles. The predicted octanol–water partition coefficient (Wildman–Crippen LogP) is 3.67. The number of hydrogen-bond donors (Lipinski definition) is 1. The van der Waals surface area contributed by atoms with Crippen LogP contribution in [-0.2, 0) is 14.6 Å². The predicted molar refractivity (Wildman–Crippen MR) is 107 cm³/mol. The summed E-state index contributed by atoms with van der Waals surface area (Å²) in [6.07, 6.45) is 1.08. The molecule has 1 heterocycles. The number of carbonyl (C=O) groups excluding carboxylic acids is 1. The van der Waals surface area contributed by atoms with E-state index in [1.165, 1.54) is 18.2 Å². The first-order valence-electron chi connectivity index (χ1n) is 7.84. The average molecular weight is 424 g/mol. The van der Waals surface area contributed by atoms with E-state index in [9.17, 15) is 18.5 Å². The zero-order chi connectivity index (χ0) is 20.4. The van der Waals surface area contributed by atoms with Gasteiger partial charge in [-0.1, -0.05) is 23.4 Å². The van der Waals surface area contributed by atoms with Gasteiger partial charge in [0.05, 0.1) is 26.9 Å². The van der Waals surface area contributed by atoms with Gasteiger partial charge in [0, 0.05) is 11.9 Å². The molecule has 0 saturated carbocycles. The smallest absolute Gasteiger partial charge is 0.234 e. The molecule has 0 aliphatic rings. The Morgan fingerprint density at radius 2 is 1.96 bits per heavy atom. The highest BCUT2D eigenvalue weighted by Gasteiger charge is 2.16. The molecule has 6 nitrogen and oxygen atoms in total. The fraction of sp³-hybridized carbons (Fsp3) is 0.278. The standard InChI is InChI=1S/C18H18ClN3O3S2/c1-10-11(2)14(8-20)18(21-12(10)3)26-9-17(23)22-16-7-13(27(4,24)25)5-6-15(16)19/h5-7H,9H2,1-4H3,(H,22,23). The quantitative estimate of drug-likeness (QED) is 0.736. The second-order valence-corrected chi connectivity index (χ2v) is 9.38. The Balaban J connectivity index is 2.18. The summed E-state index contributed by atoms with van der Waals surface area (Å²) >= 11 is 7.19. The minimum Gasteiger partial charge on any atom is -0.324 e. The van der Waals surface area contributed by atoms with Crippen molar-refractivity contribution in [1.82, 2.24) is 4.98 Å². The Morgan fingerprint density at radius 3 is 2.56 bits per heavy atom. The van der Waals surface area contributed by atoms with Crippen molar-refractivity contribution in [1.29, 1.82) is 5.26 Å². The zero-order valence-electron chi connectivity index (χ0n) is 15.3. The third-order valence-corrected chi connectivity index (χ3v) is 6.47. The molecule has 0 saturated heterocycles. The highest BCUT2D eigenvalue weighted by atomic mass is 35.5. The number of nitrogens with zero attached hydrogens (tertiary/aromatic N) is 2. The van der Waals surface area contributed by atoms with Crippen molar-refractivity contribution in [2.45, 2.75) is 30.7 Å². The van der Waals surface area contributed by atoms with Crippen molar-refractivity contribution in [3.05, 3.63) is 45.6 Å². The first-order valence-corrected chi connectivity index (χ1v) is 11.1. The number of halogens is 1. The van der Waals surface area contributed by atoms with E-state index in [0.29, 0.717) is 10.6 Å². The number of aryl methyl sites for hydroxylation is 1. The van der Waals surface area contributed by atoms with Crippen LogP contribution in [0.15, 0.2) is 28.1 Å². The van der Waals surface area contributed by atoms with E-state index >= 15 is 0 Å². The van der Waals surface area contributed by atoms with Crippen LogP contribution in [0.1, 0.15) is 22.4 Å². The number of sulfone groups is 1. The van der Waals surface area contributed by atoms with Crippen molar-refractivity contribution in [3.8, 4) is 6.07 Å². The lowest BCUT2D eigenvalue weighted by atomic mass is 10.1. The Hall–Kier alpha value is -2.08. The molecule has 0 unspecified atom stereocenters. The number of anilines is 1. The van der Waals surface area contributed by atoms with Crippen molar-refractivity contribution in [3.63, 3.8) is 0 Å². The summed E-state index contributed by atoms with van der Waals surface area (Å²) in [7, 11) is -3.42. The van der Waals surface area contributed by atoms with Gasteiger partial charge in [0.15, 0.2) is 9.84 Å². The fourth-order valence-electron chi connectivity index (χ4n) is 2.30. The first kappa shape index (κ1) is 21.2. The highest BCUT2D eigenvalue weighted by molar-refractivity contribution is 8.00. The van der Waals surface area contributed by atoms with Crippen LogP contribution in [0.3, 0.4) is 0 Å². The summed E-state index contributed by atoms with van der Waals surface area (Å²) in [6.45, 7) is 5.60. The first-order chi connectivity index (χ1) is 12.5. The lowest BCUT2D eigenvalue weighted by Crippen LogP contribution is -2.15. The van der Waals surface area contributed by atoms with Crippen LogP contribution in [0, 0.1) is 32.1 Å². The molecule has 1 aromatic heterocycles. The third kappa shape index (κ3) is 5.01. The van der Waals surface area contributed by atoms with Crippen molar-refractivity contribution >= 4 is 44.8 Å². The maximum atomic E-state index is 12.3. The zero-order valence-corrected chi connectivity index (χ0v) is 17.6. The van der Waals surface area contributed by atoms with E-state index in [0.717, 1.165) is 34.8 Å². The summed E-state index contributed by atoms with van der Waals surface area (Å²) in [5.41, 5.74) is 3.27. The minimum atomic E-state index is -3.42. The molecule has 1 N–H and O–H groups in total. The van der Waals surface area contributed by atoms with Gasteiger partial charge in [0.1, 0.15) is 11.1 Å². The van der Waals surface area contributed by atoms with Crippen molar-refractivity contribution < 1.29 is 13.2 Å². The van der Waals surface area contributed by atoms with Gasteiger partial charge in [0.2, 0.25) is 5.91 Å². The monoisotopic (exact) mass is 423 g/mol. The largest absolute Gasteiger partial charge is 0.324 e. The fourth-order valence-corrected chi connectivity index (χ4v) is 3.99. The number of pyridine rings is 1. The summed E-state index contributed by atoms with van der Waals surface area (Å²) in [5.74, 6) is -0.377. The molecule has 1 amide bonds. The summed E-state index contributed by atoms with van der Waals surface area (Å²) in [6, 6.07) is 6.25. The van der Waals surface area contributed by atoms with Crippen molar-refractivity contribution in [2.24, 2.45) is 0 Å². The number of thioether (sulfide) groups is 1. The Morgan fingerprint density at radius 1 is 1.30 bits per heavy atom. The van der Waals surface area contributed by atoms with Crippen molar-refractivity contribution in [2.75, 3.05) is 17.3 Å². The van der Waals surface area contributed by atoms with Crippen LogP contribution >= 0.6 is 23.4 Å². The van der Waals surface area contributed by atoms with E-state index in [4.69, 9.17) is 11.6 Å². The molecule has 2 rings (SSSR count). The molecule has 1 aromatic carbocycles. The number of amides is 1. The second-order valence-electron chi connectivity index (χ2n) is 5.99. The summed E-state index contributed by atoms with van der Waals surface area (Å²) in [5, 5.41) is 12.7. The normalized spacial score (nSPS) is 11.1. The second kappa shape index (κ2) is 8.30. The number of nitrogens with one attached hydrogen (secondary N) is 1. The SMILES string of the molecule is Cc1nc(SCC(=O)Nc2cc(S(C)(=O)=O)ccc2Cl)c(C#N)c(C)c1C. The van der Waals surface area contributed by atoms with E-state index in [1.54, 1.807) is 0 Å². The summed E-state index contributed by atoms with van der Waals surface area (Å²) < 4.78 is 23.3. The highest BCUT2D eigenvalue weighted by Crippen LogP contribution is 2.28. The molecule has 2 aromatic rings. The van der Waals surface area contributed by atoms with Crippen LogP contribution < -0.4 is 5.32 Å².